The zero-order valence-corrected chi connectivity index (χ0v) is 12.3. The summed E-state index contributed by atoms with van der Waals surface area (Å²) >= 11 is 0. The van der Waals surface area contributed by atoms with E-state index >= 15 is 0 Å². The van der Waals surface area contributed by atoms with E-state index in [0.717, 1.165) is 12.1 Å². The molecule has 0 aromatic carbocycles. The number of aryl methyl sites for hydroxylation is 2. The van der Waals surface area contributed by atoms with Crippen LogP contribution in [0.1, 0.15) is 46.2 Å². The molecule has 0 spiro atoms. The molecule has 118 valence electrons. The molecule has 0 saturated carbocycles. The highest BCUT2D eigenvalue weighted by Gasteiger charge is 2.33. The van der Waals surface area contributed by atoms with Crippen molar-refractivity contribution in [1.82, 2.24) is 10.3 Å². The van der Waals surface area contributed by atoms with E-state index in [1.807, 2.05) is 0 Å². The number of carbonyl (C=O) groups excluding carboxylic acids is 1. The van der Waals surface area contributed by atoms with E-state index in [1.165, 1.54) is 6.92 Å². The Morgan fingerprint density at radius 3 is 2.41 bits per heavy atom. The predicted octanol–water partition coefficient (Wildman–Crippen LogP) is 3.80. The Balaban J connectivity index is 2.16. The minimum absolute atomic E-state index is 0.0233. The fraction of sp³-hybridized carbons (Fsp3) is 0.333. The number of rotatable bonds is 3. The topological polar surface area (TPSA) is 55.1 Å². The lowest BCUT2D eigenvalue weighted by Crippen LogP contribution is -2.27. The van der Waals surface area contributed by atoms with Crippen LogP contribution >= 0.6 is 0 Å². The lowest BCUT2D eigenvalue weighted by molar-refractivity contribution is -0.141. The molecule has 2 aromatic rings. The summed E-state index contributed by atoms with van der Waals surface area (Å²) in [4.78, 5) is 15.6. The van der Waals surface area contributed by atoms with E-state index in [2.05, 4.69) is 10.3 Å². The molecule has 1 unspecified atom stereocenters. The molecule has 1 N–H and O–H groups in total. The number of nitrogens with zero attached hydrogens (tertiary/aromatic N) is 1. The molecule has 0 aliphatic carbocycles. The van der Waals surface area contributed by atoms with E-state index in [4.69, 9.17) is 4.42 Å². The summed E-state index contributed by atoms with van der Waals surface area (Å²) < 4.78 is 43.1. The van der Waals surface area contributed by atoms with Crippen molar-refractivity contribution >= 4 is 5.91 Å². The number of nitrogens with one attached hydrogen (secondary N) is 1. The van der Waals surface area contributed by atoms with Gasteiger partial charge in [0, 0.05) is 0 Å². The second kappa shape index (κ2) is 5.82. The molecule has 2 heterocycles. The lowest BCUT2D eigenvalue weighted by atomic mass is 10.1. The van der Waals surface area contributed by atoms with Crippen LogP contribution in [0.25, 0.3) is 0 Å². The molecule has 0 fully saturated rings. The quantitative estimate of drug-likeness (QED) is 0.938. The number of alkyl halides is 3. The zero-order chi connectivity index (χ0) is 16.5. The van der Waals surface area contributed by atoms with Gasteiger partial charge in [-0.15, -0.1) is 0 Å². The minimum atomic E-state index is -4.53. The first kappa shape index (κ1) is 16.1. The van der Waals surface area contributed by atoms with E-state index < -0.39 is 23.8 Å². The number of amides is 1. The van der Waals surface area contributed by atoms with Gasteiger partial charge in [0.25, 0.3) is 5.91 Å². The second-order valence-electron chi connectivity index (χ2n) is 4.97. The van der Waals surface area contributed by atoms with Crippen molar-refractivity contribution in [1.29, 1.82) is 0 Å². The molecule has 0 aliphatic heterocycles. The maximum Gasteiger partial charge on any atom is 0.433 e. The van der Waals surface area contributed by atoms with Crippen LogP contribution in [0.5, 0.6) is 0 Å². The zero-order valence-electron chi connectivity index (χ0n) is 12.3. The smallest absolute Gasteiger partial charge is 0.433 e. The Bertz CT molecular complexity index is 692. The first-order valence-electron chi connectivity index (χ1n) is 6.60. The van der Waals surface area contributed by atoms with Gasteiger partial charge in [-0.2, -0.15) is 13.2 Å². The van der Waals surface area contributed by atoms with Gasteiger partial charge in [0.1, 0.15) is 17.2 Å². The van der Waals surface area contributed by atoms with Gasteiger partial charge < -0.3 is 9.73 Å². The Morgan fingerprint density at radius 1 is 1.23 bits per heavy atom. The second-order valence-corrected chi connectivity index (χ2v) is 4.97. The molecular weight excluding hydrogens is 297 g/mol. The van der Waals surface area contributed by atoms with Crippen molar-refractivity contribution < 1.29 is 22.4 Å². The van der Waals surface area contributed by atoms with Crippen molar-refractivity contribution in [3.8, 4) is 0 Å². The number of pyridine rings is 1. The van der Waals surface area contributed by atoms with Crippen LogP contribution in [0, 0.1) is 13.8 Å². The van der Waals surface area contributed by atoms with Crippen LogP contribution in [0.15, 0.2) is 28.7 Å². The van der Waals surface area contributed by atoms with Gasteiger partial charge in [0.2, 0.25) is 0 Å². The molecule has 1 atom stereocenters. The fourth-order valence-electron chi connectivity index (χ4n) is 1.99. The Hall–Kier alpha value is -2.31. The van der Waals surface area contributed by atoms with Gasteiger partial charge in [0.05, 0.1) is 17.3 Å². The van der Waals surface area contributed by atoms with Gasteiger partial charge >= 0.3 is 6.18 Å². The number of furan rings is 1. The van der Waals surface area contributed by atoms with E-state index in [1.54, 1.807) is 26.0 Å². The average molecular weight is 312 g/mol. The summed E-state index contributed by atoms with van der Waals surface area (Å²) in [5, 5.41) is 2.67. The number of hydrogen-bond acceptors (Lipinski definition) is 3. The third kappa shape index (κ3) is 3.47. The number of carbonyl (C=O) groups is 1. The highest BCUT2D eigenvalue weighted by atomic mass is 19.4. The molecule has 22 heavy (non-hydrogen) atoms. The van der Waals surface area contributed by atoms with Gasteiger partial charge in [-0.1, -0.05) is 0 Å². The summed E-state index contributed by atoms with van der Waals surface area (Å²) in [6.45, 7) is 4.87. The third-order valence-corrected chi connectivity index (χ3v) is 3.16. The molecule has 0 aliphatic rings. The van der Waals surface area contributed by atoms with E-state index in [0.29, 0.717) is 11.5 Å². The predicted molar refractivity (Wildman–Crippen MR) is 73.3 cm³/mol. The standard InChI is InChI=1S/C15H15F3N2O2/c1-8-4-6-12(22-8)10(3)20-14(21)11-5-7-13(15(16,17)18)19-9(11)2/h4-7,10H,1-3H3,(H,20,21). The first-order chi connectivity index (χ1) is 10.2. The molecule has 7 heteroatoms. The monoisotopic (exact) mass is 312 g/mol. The molecule has 4 nitrogen and oxygen atoms in total. The van der Waals surface area contributed by atoms with Crippen molar-refractivity contribution in [2.45, 2.75) is 33.0 Å². The average Bonchev–Trinajstić information content (AvgIpc) is 2.84. The largest absolute Gasteiger partial charge is 0.464 e. The summed E-state index contributed by atoms with van der Waals surface area (Å²) in [6, 6.07) is 5.02. The number of aromatic nitrogens is 1. The normalized spacial score (nSPS) is 13.0. The van der Waals surface area contributed by atoms with Crippen molar-refractivity contribution in [3.05, 3.63) is 52.7 Å². The van der Waals surface area contributed by atoms with Gasteiger partial charge in [0.15, 0.2) is 0 Å². The highest BCUT2D eigenvalue weighted by Crippen LogP contribution is 2.28. The molecule has 2 rings (SSSR count). The Kier molecular flexibility index (Phi) is 4.25. The summed E-state index contributed by atoms with van der Waals surface area (Å²) in [5.41, 5.74) is -0.894. The molecule has 0 bridgehead atoms. The summed E-state index contributed by atoms with van der Waals surface area (Å²) in [5.74, 6) is 0.784. The minimum Gasteiger partial charge on any atom is -0.464 e. The SMILES string of the molecule is Cc1ccc(C(C)NC(=O)c2ccc(C(F)(F)F)nc2C)o1. The van der Waals surface area contributed by atoms with Crippen molar-refractivity contribution in [3.63, 3.8) is 0 Å². The Morgan fingerprint density at radius 2 is 1.91 bits per heavy atom. The molecule has 0 saturated heterocycles. The maximum absolute atomic E-state index is 12.6. The molecule has 1 amide bonds. The number of halogens is 3. The van der Waals surface area contributed by atoms with Crippen LogP contribution in [0.3, 0.4) is 0 Å². The molecule has 2 aromatic heterocycles. The summed E-state index contributed by atoms with van der Waals surface area (Å²) in [6.07, 6.45) is -4.53. The third-order valence-electron chi connectivity index (χ3n) is 3.16. The molecule has 0 radical (unpaired) electrons. The highest BCUT2D eigenvalue weighted by molar-refractivity contribution is 5.95. The van der Waals surface area contributed by atoms with Gasteiger partial charge in [-0.25, -0.2) is 4.98 Å². The van der Waals surface area contributed by atoms with E-state index in [9.17, 15) is 18.0 Å². The van der Waals surface area contributed by atoms with E-state index in [-0.39, 0.29) is 11.3 Å². The van der Waals surface area contributed by atoms with Crippen molar-refractivity contribution in [2.24, 2.45) is 0 Å². The fourth-order valence-corrected chi connectivity index (χ4v) is 1.99. The lowest BCUT2D eigenvalue weighted by Gasteiger charge is -2.14. The first-order valence-corrected chi connectivity index (χ1v) is 6.60. The van der Waals surface area contributed by atoms with Crippen LogP contribution in [-0.4, -0.2) is 10.9 Å². The molecular formula is C15H15F3N2O2. The van der Waals surface area contributed by atoms with Gasteiger partial charge in [-0.05, 0) is 45.0 Å². The van der Waals surface area contributed by atoms with Gasteiger partial charge in [-0.3, -0.25) is 4.79 Å². The van der Waals surface area contributed by atoms with Crippen molar-refractivity contribution in [2.75, 3.05) is 0 Å². The number of hydrogen-bond donors (Lipinski definition) is 1. The maximum atomic E-state index is 12.6. The van der Waals surface area contributed by atoms with Crippen LogP contribution in [0.4, 0.5) is 13.2 Å². The van der Waals surface area contributed by atoms with Crippen LogP contribution in [0.2, 0.25) is 0 Å². The van der Waals surface area contributed by atoms with Crippen LogP contribution in [-0.2, 0) is 6.18 Å². The Labute approximate surface area is 125 Å². The van der Waals surface area contributed by atoms with Crippen LogP contribution < -0.4 is 5.32 Å². The summed E-state index contributed by atoms with van der Waals surface area (Å²) in [7, 11) is 0.